The second-order valence-corrected chi connectivity index (χ2v) is 8.10. The first kappa shape index (κ1) is 18.5. The Balaban J connectivity index is 1.32. The molecule has 0 saturated carbocycles. The van der Waals surface area contributed by atoms with Crippen LogP contribution in [-0.2, 0) is 4.74 Å². The van der Waals surface area contributed by atoms with E-state index in [1.165, 1.54) is 13.0 Å². The fraction of sp³-hybridized carbons (Fsp3) is 0.435. The van der Waals surface area contributed by atoms with Crippen molar-refractivity contribution in [3.8, 4) is 11.4 Å². The van der Waals surface area contributed by atoms with Gasteiger partial charge in [-0.3, -0.25) is 4.98 Å². The zero-order valence-corrected chi connectivity index (χ0v) is 16.6. The van der Waals surface area contributed by atoms with Crippen LogP contribution in [0.25, 0.3) is 22.3 Å². The molecule has 1 aromatic carbocycles. The summed E-state index contributed by atoms with van der Waals surface area (Å²) in [5.74, 6) is 2.39. The Morgan fingerprint density at radius 2 is 1.83 bits per heavy atom. The van der Waals surface area contributed by atoms with Crippen molar-refractivity contribution in [2.75, 3.05) is 38.2 Å². The normalized spacial score (nSPS) is 20.9. The van der Waals surface area contributed by atoms with Crippen LogP contribution in [0.15, 0.2) is 48.8 Å². The summed E-state index contributed by atoms with van der Waals surface area (Å²) in [6.45, 7) is 5.31. The van der Waals surface area contributed by atoms with Gasteiger partial charge in [-0.15, -0.1) is 0 Å². The number of anilines is 1. The van der Waals surface area contributed by atoms with Crippen LogP contribution in [0.4, 0.5) is 5.82 Å². The number of benzene rings is 1. The Kier molecular flexibility index (Phi) is 5.37. The number of piperidine rings is 1. The summed E-state index contributed by atoms with van der Waals surface area (Å²) in [6.07, 6.45) is 7.05. The minimum absolute atomic E-state index is 0.440. The van der Waals surface area contributed by atoms with Crippen molar-refractivity contribution in [3.05, 3.63) is 48.8 Å². The second kappa shape index (κ2) is 8.43. The SMILES string of the molecule is c1ccc2c(NC3CCN(CC4CCOC4)CC3)nc(-c3ccncc3)nc2c1. The number of aromatic nitrogens is 3. The number of nitrogens with zero attached hydrogens (tertiary/aromatic N) is 4. The minimum Gasteiger partial charge on any atom is -0.381 e. The van der Waals surface area contributed by atoms with Gasteiger partial charge in [0.15, 0.2) is 5.82 Å². The standard InChI is InChI=1S/C23H27N5O/c1-2-4-21-20(3-1)23(27-22(26-21)18-5-10-24-11-6-18)25-19-7-12-28(13-8-19)15-17-9-14-29-16-17/h1-6,10-11,17,19H,7-9,12-16H2,(H,25,26,27). The van der Waals surface area contributed by atoms with Crippen molar-refractivity contribution in [3.63, 3.8) is 0 Å². The number of hydrogen-bond acceptors (Lipinski definition) is 6. The lowest BCUT2D eigenvalue weighted by Gasteiger charge is -2.34. The number of nitrogens with one attached hydrogen (secondary N) is 1. The van der Waals surface area contributed by atoms with E-state index in [0.29, 0.717) is 12.0 Å². The molecule has 2 aromatic heterocycles. The lowest BCUT2D eigenvalue weighted by molar-refractivity contribution is 0.154. The number of rotatable bonds is 5. The maximum Gasteiger partial charge on any atom is 0.162 e. The molecule has 1 N–H and O–H groups in total. The highest BCUT2D eigenvalue weighted by Crippen LogP contribution is 2.27. The zero-order chi connectivity index (χ0) is 19.5. The van der Waals surface area contributed by atoms with Crippen molar-refractivity contribution in [1.82, 2.24) is 19.9 Å². The van der Waals surface area contributed by atoms with Gasteiger partial charge >= 0.3 is 0 Å². The molecule has 2 fully saturated rings. The van der Waals surface area contributed by atoms with E-state index in [4.69, 9.17) is 14.7 Å². The predicted octanol–water partition coefficient (Wildman–Crippen LogP) is 3.60. The topological polar surface area (TPSA) is 63.2 Å². The van der Waals surface area contributed by atoms with Crippen LogP contribution in [0, 0.1) is 5.92 Å². The van der Waals surface area contributed by atoms with Crippen LogP contribution in [0.1, 0.15) is 19.3 Å². The van der Waals surface area contributed by atoms with Crippen LogP contribution < -0.4 is 5.32 Å². The second-order valence-electron chi connectivity index (χ2n) is 8.10. The molecule has 0 amide bonds. The Bertz CT molecular complexity index is 950. The Labute approximate surface area is 171 Å². The zero-order valence-electron chi connectivity index (χ0n) is 16.6. The third kappa shape index (κ3) is 4.23. The predicted molar refractivity (Wildman–Crippen MR) is 115 cm³/mol. The summed E-state index contributed by atoms with van der Waals surface area (Å²) >= 11 is 0. The van der Waals surface area contributed by atoms with Gasteiger partial charge in [0.1, 0.15) is 5.82 Å². The first-order chi connectivity index (χ1) is 14.3. The first-order valence-electron chi connectivity index (χ1n) is 10.6. The van der Waals surface area contributed by atoms with Crippen molar-refractivity contribution >= 4 is 16.7 Å². The summed E-state index contributed by atoms with van der Waals surface area (Å²) in [4.78, 5) is 16.4. The highest BCUT2D eigenvalue weighted by molar-refractivity contribution is 5.90. The number of hydrogen-bond donors (Lipinski definition) is 1. The van der Waals surface area contributed by atoms with E-state index in [1.807, 2.05) is 18.2 Å². The van der Waals surface area contributed by atoms with Crippen LogP contribution >= 0.6 is 0 Å². The van der Waals surface area contributed by atoms with Crippen LogP contribution in [0.2, 0.25) is 0 Å². The van der Waals surface area contributed by atoms with E-state index in [9.17, 15) is 0 Å². The Morgan fingerprint density at radius 1 is 1.00 bits per heavy atom. The van der Waals surface area contributed by atoms with Crippen molar-refractivity contribution in [2.45, 2.75) is 25.3 Å². The molecule has 0 aliphatic carbocycles. The van der Waals surface area contributed by atoms with E-state index in [2.05, 4.69) is 33.4 Å². The lowest BCUT2D eigenvalue weighted by Crippen LogP contribution is -2.41. The van der Waals surface area contributed by atoms with Gasteiger partial charge in [0.2, 0.25) is 0 Å². The molecule has 2 saturated heterocycles. The summed E-state index contributed by atoms with van der Waals surface area (Å²) in [5.41, 5.74) is 1.96. The number of para-hydroxylation sites is 1. The molecule has 0 spiro atoms. The van der Waals surface area contributed by atoms with Gasteiger partial charge in [-0.25, -0.2) is 9.97 Å². The molecular weight excluding hydrogens is 362 g/mol. The number of fused-ring (bicyclic) bond motifs is 1. The average molecular weight is 390 g/mol. The molecular formula is C23H27N5O. The molecule has 0 bridgehead atoms. The van der Waals surface area contributed by atoms with Crippen molar-refractivity contribution in [2.24, 2.45) is 5.92 Å². The van der Waals surface area contributed by atoms with E-state index < -0.39 is 0 Å². The van der Waals surface area contributed by atoms with Gasteiger partial charge in [-0.05, 0) is 49.4 Å². The Morgan fingerprint density at radius 3 is 2.62 bits per heavy atom. The summed E-state index contributed by atoms with van der Waals surface area (Å²) in [5, 5.41) is 4.81. The Hall–Kier alpha value is -2.57. The molecule has 6 heteroatoms. The van der Waals surface area contributed by atoms with E-state index in [0.717, 1.165) is 67.3 Å². The molecule has 4 heterocycles. The maximum atomic E-state index is 5.53. The van der Waals surface area contributed by atoms with Crippen molar-refractivity contribution < 1.29 is 4.74 Å². The van der Waals surface area contributed by atoms with Crippen LogP contribution in [-0.4, -0.2) is 58.7 Å². The third-order valence-electron chi connectivity index (χ3n) is 6.01. The fourth-order valence-electron chi connectivity index (χ4n) is 4.36. The molecule has 5 rings (SSSR count). The van der Waals surface area contributed by atoms with Gasteiger partial charge in [-0.2, -0.15) is 0 Å². The molecule has 1 unspecified atom stereocenters. The molecule has 0 radical (unpaired) electrons. The number of pyridine rings is 1. The maximum absolute atomic E-state index is 5.53. The molecule has 29 heavy (non-hydrogen) atoms. The summed E-state index contributed by atoms with van der Waals surface area (Å²) in [7, 11) is 0. The van der Waals surface area contributed by atoms with Gasteiger partial charge in [0.25, 0.3) is 0 Å². The summed E-state index contributed by atoms with van der Waals surface area (Å²) < 4.78 is 5.53. The highest BCUT2D eigenvalue weighted by Gasteiger charge is 2.24. The summed E-state index contributed by atoms with van der Waals surface area (Å²) in [6, 6.07) is 12.6. The van der Waals surface area contributed by atoms with Gasteiger partial charge in [0.05, 0.1) is 12.1 Å². The fourth-order valence-corrected chi connectivity index (χ4v) is 4.36. The average Bonchev–Trinajstić information content (AvgIpc) is 3.29. The van der Waals surface area contributed by atoms with Gasteiger partial charge < -0.3 is 15.0 Å². The first-order valence-corrected chi connectivity index (χ1v) is 10.6. The quantitative estimate of drug-likeness (QED) is 0.719. The van der Waals surface area contributed by atoms with Gasteiger partial charge in [-0.1, -0.05) is 12.1 Å². The van der Waals surface area contributed by atoms with Crippen LogP contribution in [0.3, 0.4) is 0 Å². The third-order valence-corrected chi connectivity index (χ3v) is 6.01. The monoisotopic (exact) mass is 389 g/mol. The van der Waals surface area contributed by atoms with Gasteiger partial charge in [0, 0.05) is 55.6 Å². The highest BCUT2D eigenvalue weighted by atomic mass is 16.5. The van der Waals surface area contributed by atoms with E-state index in [-0.39, 0.29) is 0 Å². The number of likely N-dealkylation sites (tertiary alicyclic amines) is 1. The molecule has 150 valence electrons. The molecule has 2 aliphatic heterocycles. The molecule has 3 aromatic rings. The molecule has 6 nitrogen and oxygen atoms in total. The smallest absolute Gasteiger partial charge is 0.162 e. The molecule has 1 atom stereocenters. The molecule has 2 aliphatic rings. The largest absolute Gasteiger partial charge is 0.381 e. The van der Waals surface area contributed by atoms with E-state index >= 15 is 0 Å². The minimum atomic E-state index is 0.440. The van der Waals surface area contributed by atoms with Crippen molar-refractivity contribution in [1.29, 1.82) is 0 Å². The number of ether oxygens (including phenoxy) is 1. The van der Waals surface area contributed by atoms with Crippen LogP contribution in [0.5, 0.6) is 0 Å². The lowest BCUT2D eigenvalue weighted by atomic mass is 10.0. The van der Waals surface area contributed by atoms with E-state index in [1.54, 1.807) is 12.4 Å².